The number of nitrogens with one attached hydrogen (secondary N) is 2. The average molecular weight is 235 g/mol. The Hall–Kier alpha value is -1.34. The summed E-state index contributed by atoms with van der Waals surface area (Å²) in [5, 5.41) is 14.1. The van der Waals surface area contributed by atoms with E-state index in [1.165, 1.54) is 31.3 Å². The van der Waals surface area contributed by atoms with Gasteiger partial charge >= 0.3 is 0 Å². The maximum Gasteiger partial charge on any atom is 0.233 e. The standard InChI is InChI=1S/C13H21N3O/c14-8-4-9-16-13(17)11-15-10-7-12-5-2-1-3-6-12/h5,15H,1-4,6-7,9-11H2,(H,16,17). The van der Waals surface area contributed by atoms with Crippen LogP contribution in [0.1, 0.15) is 38.5 Å². The van der Waals surface area contributed by atoms with Crippen molar-refractivity contribution in [1.82, 2.24) is 10.6 Å². The Balaban J connectivity index is 1.98. The van der Waals surface area contributed by atoms with E-state index >= 15 is 0 Å². The monoisotopic (exact) mass is 235 g/mol. The molecule has 0 radical (unpaired) electrons. The molecule has 17 heavy (non-hydrogen) atoms. The van der Waals surface area contributed by atoms with Gasteiger partial charge in [-0.2, -0.15) is 5.26 Å². The Morgan fingerprint density at radius 3 is 3.00 bits per heavy atom. The summed E-state index contributed by atoms with van der Waals surface area (Å²) in [7, 11) is 0. The third kappa shape index (κ3) is 6.75. The minimum absolute atomic E-state index is 0.0297. The number of carbonyl (C=O) groups excluding carboxylic acids is 1. The van der Waals surface area contributed by atoms with Crippen LogP contribution in [0, 0.1) is 11.3 Å². The van der Waals surface area contributed by atoms with Gasteiger partial charge in [0.2, 0.25) is 5.91 Å². The number of nitrogens with zero attached hydrogens (tertiary/aromatic N) is 1. The van der Waals surface area contributed by atoms with Crippen molar-refractivity contribution in [3.8, 4) is 6.07 Å². The molecule has 0 spiro atoms. The molecular formula is C13H21N3O. The summed E-state index contributed by atoms with van der Waals surface area (Å²) in [6.45, 7) is 1.65. The fourth-order valence-electron chi connectivity index (χ4n) is 1.90. The first-order valence-corrected chi connectivity index (χ1v) is 6.35. The maximum atomic E-state index is 11.3. The van der Waals surface area contributed by atoms with Gasteiger partial charge in [-0.1, -0.05) is 11.6 Å². The summed E-state index contributed by atoms with van der Waals surface area (Å²) < 4.78 is 0. The zero-order chi connectivity index (χ0) is 12.3. The van der Waals surface area contributed by atoms with Crippen LogP contribution >= 0.6 is 0 Å². The molecule has 1 rings (SSSR count). The molecule has 1 aliphatic rings. The summed E-state index contributed by atoms with van der Waals surface area (Å²) in [5.74, 6) is -0.0297. The molecule has 0 saturated carbocycles. The second kappa shape index (κ2) is 8.77. The van der Waals surface area contributed by atoms with Crippen LogP contribution in [0.25, 0.3) is 0 Å². The maximum absolute atomic E-state index is 11.3. The lowest BCUT2D eigenvalue weighted by molar-refractivity contribution is -0.120. The van der Waals surface area contributed by atoms with E-state index in [1.807, 2.05) is 6.07 Å². The summed E-state index contributed by atoms with van der Waals surface area (Å²) in [5.41, 5.74) is 1.52. The van der Waals surface area contributed by atoms with Gasteiger partial charge in [-0.3, -0.25) is 4.79 Å². The van der Waals surface area contributed by atoms with Crippen molar-refractivity contribution in [3.05, 3.63) is 11.6 Å². The molecule has 0 unspecified atom stereocenters. The number of nitriles is 1. The molecule has 0 heterocycles. The predicted molar refractivity (Wildman–Crippen MR) is 67.3 cm³/mol. The third-order valence-corrected chi connectivity index (χ3v) is 2.85. The largest absolute Gasteiger partial charge is 0.354 e. The number of allylic oxidation sites excluding steroid dienone is 1. The van der Waals surface area contributed by atoms with Crippen molar-refractivity contribution in [3.63, 3.8) is 0 Å². The van der Waals surface area contributed by atoms with Gasteiger partial charge in [-0.05, 0) is 38.6 Å². The van der Waals surface area contributed by atoms with Crippen molar-refractivity contribution in [2.24, 2.45) is 0 Å². The number of hydrogen-bond acceptors (Lipinski definition) is 3. The van der Waals surface area contributed by atoms with Gasteiger partial charge in [0.05, 0.1) is 19.0 Å². The zero-order valence-electron chi connectivity index (χ0n) is 10.3. The molecule has 0 atom stereocenters. The van der Waals surface area contributed by atoms with Crippen LogP contribution in [0.2, 0.25) is 0 Å². The molecule has 2 N–H and O–H groups in total. The molecule has 0 saturated heterocycles. The van der Waals surface area contributed by atoms with Gasteiger partial charge in [-0.15, -0.1) is 0 Å². The molecule has 1 amide bonds. The molecule has 4 nitrogen and oxygen atoms in total. The molecule has 0 aromatic rings. The normalized spacial score (nSPS) is 14.9. The van der Waals surface area contributed by atoms with Gasteiger partial charge in [0.1, 0.15) is 0 Å². The van der Waals surface area contributed by atoms with Crippen LogP contribution in [0.15, 0.2) is 11.6 Å². The first-order valence-electron chi connectivity index (χ1n) is 6.35. The highest BCUT2D eigenvalue weighted by molar-refractivity contribution is 5.77. The van der Waals surface area contributed by atoms with E-state index in [0.717, 1.165) is 13.0 Å². The van der Waals surface area contributed by atoms with Gasteiger partial charge < -0.3 is 10.6 Å². The van der Waals surface area contributed by atoms with Crippen LogP contribution < -0.4 is 10.6 Å². The van der Waals surface area contributed by atoms with E-state index in [-0.39, 0.29) is 5.91 Å². The van der Waals surface area contributed by atoms with E-state index in [0.29, 0.717) is 19.5 Å². The molecule has 0 bridgehead atoms. The number of rotatable bonds is 7. The van der Waals surface area contributed by atoms with E-state index in [4.69, 9.17) is 5.26 Å². The topological polar surface area (TPSA) is 64.9 Å². The quantitative estimate of drug-likeness (QED) is 0.519. The second-order valence-electron chi connectivity index (χ2n) is 4.29. The van der Waals surface area contributed by atoms with Gasteiger partial charge in [0, 0.05) is 6.54 Å². The van der Waals surface area contributed by atoms with E-state index < -0.39 is 0 Å². The van der Waals surface area contributed by atoms with Crippen LogP contribution in [-0.4, -0.2) is 25.5 Å². The Morgan fingerprint density at radius 2 is 2.29 bits per heavy atom. The van der Waals surface area contributed by atoms with Crippen LogP contribution in [-0.2, 0) is 4.79 Å². The highest BCUT2D eigenvalue weighted by Crippen LogP contribution is 2.19. The number of carbonyl (C=O) groups is 1. The molecule has 1 aliphatic carbocycles. The summed E-state index contributed by atoms with van der Waals surface area (Å²) >= 11 is 0. The second-order valence-corrected chi connectivity index (χ2v) is 4.29. The third-order valence-electron chi connectivity index (χ3n) is 2.85. The average Bonchev–Trinajstić information content (AvgIpc) is 2.36. The summed E-state index contributed by atoms with van der Waals surface area (Å²) in [4.78, 5) is 11.3. The van der Waals surface area contributed by atoms with Crippen molar-refractivity contribution in [2.75, 3.05) is 19.6 Å². The fourth-order valence-corrected chi connectivity index (χ4v) is 1.90. The molecule has 94 valence electrons. The number of hydrogen-bond donors (Lipinski definition) is 2. The molecule has 0 fully saturated rings. The minimum Gasteiger partial charge on any atom is -0.354 e. The first-order chi connectivity index (χ1) is 8.33. The lowest BCUT2D eigenvalue weighted by atomic mass is 9.97. The van der Waals surface area contributed by atoms with Crippen molar-refractivity contribution in [1.29, 1.82) is 5.26 Å². The predicted octanol–water partition coefficient (Wildman–Crippen LogP) is 1.50. The Morgan fingerprint density at radius 1 is 1.41 bits per heavy atom. The van der Waals surface area contributed by atoms with E-state index in [9.17, 15) is 4.79 Å². The lowest BCUT2D eigenvalue weighted by Gasteiger charge is -2.12. The van der Waals surface area contributed by atoms with Gasteiger partial charge in [0.25, 0.3) is 0 Å². The molecular weight excluding hydrogens is 214 g/mol. The molecule has 0 aliphatic heterocycles. The Labute approximate surface area is 103 Å². The van der Waals surface area contributed by atoms with Crippen molar-refractivity contribution >= 4 is 5.91 Å². The zero-order valence-corrected chi connectivity index (χ0v) is 10.3. The summed E-state index contributed by atoms with van der Waals surface area (Å²) in [6.07, 6.45) is 8.81. The smallest absolute Gasteiger partial charge is 0.233 e. The van der Waals surface area contributed by atoms with E-state index in [2.05, 4.69) is 16.7 Å². The molecule has 0 aromatic heterocycles. The molecule has 0 aromatic carbocycles. The minimum atomic E-state index is -0.0297. The number of amides is 1. The van der Waals surface area contributed by atoms with Crippen LogP contribution in [0.3, 0.4) is 0 Å². The molecule has 4 heteroatoms. The summed E-state index contributed by atoms with van der Waals surface area (Å²) in [6, 6.07) is 1.99. The van der Waals surface area contributed by atoms with Crippen LogP contribution in [0.4, 0.5) is 0 Å². The fraction of sp³-hybridized carbons (Fsp3) is 0.692. The van der Waals surface area contributed by atoms with E-state index in [1.54, 1.807) is 0 Å². The highest BCUT2D eigenvalue weighted by atomic mass is 16.1. The highest BCUT2D eigenvalue weighted by Gasteiger charge is 2.04. The van der Waals surface area contributed by atoms with Crippen LogP contribution in [0.5, 0.6) is 0 Å². The Kier molecular flexibility index (Phi) is 7.08. The SMILES string of the molecule is N#CCCNC(=O)CNCCC1=CCCCC1. The van der Waals surface area contributed by atoms with Crippen molar-refractivity contribution < 1.29 is 4.79 Å². The first kappa shape index (κ1) is 13.7. The van der Waals surface area contributed by atoms with Gasteiger partial charge in [-0.25, -0.2) is 0 Å². The Bertz CT molecular complexity index is 304. The van der Waals surface area contributed by atoms with Crippen molar-refractivity contribution in [2.45, 2.75) is 38.5 Å². The lowest BCUT2D eigenvalue weighted by Crippen LogP contribution is -2.34. The van der Waals surface area contributed by atoms with Gasteiger partial charge in [0.15, 0.2) is 0 Å².